The molecule has 1 unspecified atom stereocenters. The molecule has 0 aliphatic heterocycles. The molecule has 1 nitrogen and oxygen atoms in total. The Kier molecular flexibility index (Phi) is 5.69. The third-order valence-electron chi connectivity index (χ3n) is 2.98. The zero-order chi connectivity index (χ0) is 11.8. The predicted octanol–water partition coefficient (Wildman–Crippen LogP) is 4.63. The maximum absolute atomic E-state index is 9.39. The fourth-order valence-electron chi connectivity index (χ4n) is 1.91. The summed E-state index contributed by atoms with van der Waals surface area (Å²) < 4.78 is 0. The molecule has 0 amide bonds. The lowest BCUT2D eigenvalue weighted by molar-refractivity contribution is 0.473. The van der Waals surface area contributed by atoms with E-state index in [9.17, 15) is 5.11 Å². The van der Waals surface area contributed by atoms with Crippen molar-refractivity contribution in [1.82, 2.24) is 0 Å². The molecule has 88 valence electrons. The van der Waals surface area contributed by atoms with E-state index in [1.165, 1.54) is 31.2 Å². The number of rotatable bonds is 7. The van der Waals surface area contributed by atoms with Gasteiger partial charge in [0.05, 0.1) is 0 Å². The topological polar surface area (TPSA) is 20.2 Å². The van der Waals surface area contributed by atoms with Crippen molar-refractivity contribution in [3.8, 4) is 5.75 Å². The second kappa shape index (κ2) is 7.10. The smallest absolute Gasteiger partial charge is 0.115 e. The number of phenolic OH excluding ortho intramolecular Hbond substituents is 1. The van der Waals surface area contributed by atoms with Crippen LogP contribution < -0.4 is 0 Å². The molecular formula is C15H22O. The molecule has 0 saturated heterocycles. The van der Waals surface area contributed by atoms with Gasteiger partial charge in [0.2, 0.25) is 0 Å². The minimum Gasteiger partial charge on any atom is -0.508 e. The van der Waals surface area contributed by atoms with E-state index in [1.807, 2.05) is 18.2 Å². The van der Waals surface area contributed by atoms with Crippen LogP contribution in [0.25, 0.3) is 0 Å². The number of benzene rings is 1. The fraction of sp³-hybridized carbons (Fsp3) is 0.467. The van der Waals surface area contributed by atoms with Crippen molar-refractivity contribution in [3.63, 3.8) is 0 Å². The first-order valence-electron chi connectivity index (χ1n) is 6.14. The molecule has 0 spiro atoms. The summed E-state index contributed by atoms with van der Waals surface area (Å²) in [5.74, 6) is 0.909. The van der Waals surface area contributed by atoms with Crippen LogP contribution in [-0.2, 0) is 0 Å². The molecule has 0 saturated carbocycles. The van der Waals surface area contributed by atoms with Gasteiger partial charge in [-0.3, -0.25) is 0 Å². The average Bonchev–Trinajstić information content (AvgIpc) is 2.28. The highest BCUT2D eigenvalue weighted by atomic mass is 16.3. The molecule has 0 aliphatic carbocycles. The second-order valence-corrected chi connectivity index (χ2v) is 4.42. The minimum atomic E-state index is 0.371. The molecule has 1 atom stereocenters. The summed E-state index contributed by atoms with van der Waals surface area (Å²) in [6, 6.07) is 7.60. The zero-order valence-electron chi connectivity index (χ0n) is 10.2. The highest BCUT2D eigenvalue weighted by Gasteiger charge is 2.05. The van der Waals surface area contributed by atoms with E-state index in [2.05, 4.69) is 19.6 Å². The van der Waals surface area contributed by atoms with Gasteiger partial charge in [-0.1, -0.05) is 38.0 Å². The Hall–Kier alpha value is -1.24. The molecule has 16 heavy (non-hydrogen) atoms. The summed E-state index contributed by atoms with van der Waals surface area (Å²) in [4.78, 5) is 0. The van der Waals surface area contributed by atoms with Crippen molar-refractivity contribution in [1.29, 1.82) is 0 Å². The lowest BCUT2D eigenvalue weighted by Crippen LogP contribution is -1.93. The Bertz CT molecular complexity index is 317. The SMILES string of the molecule is C=CCCCCCC(C)c1cccc(O)c1. The number of aromatic hydroxyl groups is 1. The van der Waals surface area contributed by atoms with Crippen LogP contribution in [0.15, 0.2) is 36.9 Å². The monoisotopic (exact) mass is 218 g/mol. The Morgan fingerprint density at radius 3 is 2.81 bits per heavy atom. The van der Waals surface area contributed by atoms with Crippen LogP contribution in [0.2, 0.25) is 0 Å². The van der Waals surface area contributed by atoms with Gasteiger partial charge in [0.1, 0.15) is 5.75 Å². The molecule has 0 radical (unpaired) electrons. The Morgan fingerprint density at radius 2 is 2.12 bits per heavy atom. The largest absolute Gasteiger partial charge is 0.508 e. The summed E-state index contributed by atoms with van der Waals surface area (Å²) in [5, 5.41) is 9.39. The first-order chi connectivity index (χ1) is 7.74. The maximum atomic E-state index is 9.39. The molecular weight excluding hydrogens is 196 g/mol. The molecule has 1 aromatic rings. The van der Waals surface area contributed by atoms with Crippen molar-refractivity contribution in [2.75, 3.05) is 0 Å². The van der Waals surface area contributed by atoms with E-state index in [1.54, 1.807) is 6.07 Å². The van der Waals surface area contributed by atoms with Crippen LogP contribution in [0.3, 0.4) is 0 Å². The van der Waals surface area contributed by atoms with Gasteiger partial charge >= 0.3 is 0 Å². The van der Waals surface area contributed by atoms with E-state index < -0.39 is 0 Å². The summed E-state index contributed by atoms with van der Waals surface area (Å²) in [6.07, 6.45) is 8.08. The van der Waals surface area contributed by atoms with Crippen LogP contribution >= 0.6 is 0 Å². The summed E-state index contributed by atoms with van der Waals surface area (Å²) in [7, 11) is 0. The van der Waals surface area contributed by atoms with Gasteiger partial charge in [-0.25, -0.2) is 0 Å². The third kappa shape index (κ3) is 4.52. The zero-order valence-corrected chi connectivity index (χ0v) is 10.2. The Labute approximate surface area is 98.8 Å². The van der Waals surface area contributed by atoms with Gasteiger partial charge in [-0.15, -0.1) is 6.58 Å². The summed E-state index contributed by atoms with van der Waals surface area (Å²) >= 11 is 0. The quantitative estimate of drug-likeness (QED) is 0.522. The van der Waals surface area contributed by atoms with Crippen LogP contribution in [0.1, 0.15) is 50.5 Å². The number of hydrogen-bond acceptors (Lipinski definition) is 1. The van der Waals surface area contributed by atoms with Crippen molar-refractivity contribution in [2.45, 2.75) is 44.9 Å². The number of unbranched alkanes of at least 4 members (excludes halogenated alkanes) is 3. The molecule has 0 bridgehead atoms. The molecule has 0 aromatic heterocycles. The molecule has 0 aliphatic rings. The highest BCUT2D eigenvalue weighted by Crippen LogP contribution is 2.24. The first kappa shape index (κ1) is 12.8. The fourth-order valence-corrected chi connectivity index (χ4v) is 1.91. The number of hydrogen-bond donors (Lipinski definition) is 1. The van der Waals surface area contributed by atoms with Crippen molar-refractivity contribution >= 4 is 0 Å². The van der Waals surface area contributed by atoms with Crippen molar-refractivity contribution in [2.24, 2.45) is 0 Å². The Balaban J connectivity index is 2.29. The average molecular weight is 218 g/mol. The van der Waals surface area contributed by atoms with E-state index in [0.29, 0.717) is 11.7 Å². The van der Waals surface area contributed by atoms with Crippen LogP contribution in [0.5, 0.6) is 5.75 Å². The first-order valence-corrected chi connectivity index (χ1v) is 6.14. The molecule has 0 heterocycles. The normalized spacial score (nSPS) is 12.3. The van der Waals surface area contributed by atoms with Crippen molar-refractivity contribution < 1.29 is 5.11 Å². The van der Waals surface area contributed by atoms with Crippen LogP contribution in [-0.4, -0.2) is 5.11 Å². The number of allylic oxidation sites excluding steroid dienone is 1. The summed E-state index contributed by atoms with van der Waals surface area (Å²) in [5.41, 5.74) is 1.24. The van der Waals surface area contributed by atoms with Gasteiger partial charge in [0, 0.05) is 0 Å². The maximum Gasteiger partial charge on any atom is 0.115 e. The van der Waals surface area contributed by atoms with Gasteiger partial charge in [0.15, 0.2) is 0 Å². The number of phenols is 1. The lowest BCUT2D eigenvalue weighted by Gasteiger charge is -2.11. The highest BCUT2D eigenvalue weighted by molar-refractivity contribution is 5.29. The second-order valence-electron chi connectivity index (χ2n) is 4.42. The molecule has 1 rings (SSSR count). The minimum absolute atomic E-state index is 0.371. The van der Waals surface area contributed by atoms with Gasteiger partial charge in [-0.2, -0.15) is 0 Å². The molecule has 0 fully saturated rings. The standard InChI is InChI=1S/C15H22O/c1-3-4-5-6-7-9-13(2)14-10-8-11-15(16)12-14/h3,8,10-13,16H,1,4-7,9H2,2H3. The van der Waals surface area contributed by atoms with E-state index in [-0.39, 0.29) is 0 Å². The Morgan fingerprint density at radius 1 is 1.31 bits per heavy atom. The van der Waals surface area contributed by atoms with Crippen molar-refractivity contribution in [3.05, 3.63) is 42.5 Å². The predicted molar refractivity (Wildman–Crippen MR) is 69.8 cm³/mol. The van der Waals surface area contributed by atoms with Gasteiger partial charge < -0.3 is 5.11 Å². The third-order valence-corrected chi connectivity index (χ3v) is 2.98. The van der Waals surface area contributed by atoms with Gasteiger partial charge in [0.25, 0.3) is 0 Å². The van der Waals surface area contributed by atoms with Crippen LogP contribution in [0, 0.1) is 0 Å². The molecule has 1 N–H and O–H groups in total. The van der Waals surface area contributed by atoms with Gasteiger partial charge in [-0.05, 0) is 42.9 Å². The van der Waals surface area contributed by atoms with E-state index in [4.69, 9.17) is 0 Å². The molecule has 1 aromatic carbocycles. The lowest BCUT2D eigenvalue weighted by atomic mass is 9.95. The summed E-state index contributed by atoms with van der Waals surface area (Å²) in [6.45, 7) is 5.95. The molecule has 1 heteroatoms. The van der Waals surface area contributed by atoms with E-state index in [0.717, 1.165) is 6.42 Å². The van der Waals surface area contributed by atoms with E-state index >= 15 is 0 Å². The van der Waals surface area contributed by atoms with Crippen LogP contribution in [0.4, 0.5) is 0 Å².